The molecule has 5 nitrogen and oxygen atoms in total. The van der Waals surface area contributed by atoms with Crippen LogP contribution in [0.5, 0.6) is 0 Å². The van der Waals surface area contributed by atoms with Gasteiger partial charge in [-0.05, 0) is 24.1 Å². The normalized spacial score (nSPS) is 24.4. The average molecular weight is 314 g/mol. The van der Waals surface area contributed by atoms with Crippen molar-refractivity contribution in [2.24, 2.45) is 7.05 Å². The Hall–Kier alpha value is -2.21. The number of nitrogens with zero attached hydrogens (tertiary/aromatic N) is 4. The number of rotatable bonds is 3. The highest BCUT2D eigenvalue weighted by molar-refractivity contribution is 5.97. The van der Waals surface area contributed by atoms with Gasteiger partial charge >= 0.3 is 0 Å². The van der Waals surface area contributed by atoms with Gasteiger partial charge < -0.3 is 4.90 Å². The van der Waals surface area contributed by atoms with E-state index < -0.39 is 0 Å². The molecular formula is C17H19FN4O. The lowest BCUT2D eigenvalue weighted by Gasteiger charge is -2.24. The molecule has 3 heterocycles. The number of amides is 1. The van der Waals surface area contributed by atoms with Crippen molar-refractivity contribution in [1.29, 1.82) is 0 Å². The zero-order valence-electron chi connectivity index (χ0n) is 13.0. The molecule has 0 spiro atoms. The van der Waals surface area contributed by atoms with Gasteiger partial charge in [0.15, 0.2) is 0 Å². The third kappa shape index (κ3) is 2.53. The molecule has 6 heteroatoms. The molecule has 0 radical (unpaired) electrons. The second-order valence-electron chi connectivity index (χ2n) is 6.36. The van der Waals surface area contributed by atoms with Crippen LogP contribution in [0, 0.1) is 5.82 Å². The molecule has 2 saturated heterocycles. The first-order chi connectivity index (χ1) is 11.1. The van der Waals surface area contributed by atoms with Crippen LogP contribution in [0.1, 0.15) is 18.4 Å². The van der Waals surface area contributed by atoms with Crippen LogP contribution in [0.25, 0.3) is 0 Å². The Bertz CT molecular complexity index is 726. The van der Waals surface area contributed by atoms with Crippen LogP contribution in [0.3, 0.4) is 0 Å². The number of carbonyl (C=O) groups is 1. The number of hydrogen-bond acceptors (Lipinski definition) is 3. The monoisotopic (exact) mass is 314 g/mol. The average Bonchev–Trinajstić information content (AvgIpc) is 3.18. The lowest BCUT2D eigenvalue weighted by atomic mass is 10.1. The van der Waals surface area contributed by atoms with Crippen LogP contribution in [-0.2, 0) is 18.4 Å². The molecule has 2 aliphatic heterocycles. The van der Waals surface area contributed by atoms with Gasteiger partial charge in [0.05, 0.1) is 17.9 Å². The van der Waals surface area contributed by atoms with E-state index in [0.717, 1.165) is 30.8 Å². The number of aromatic nitrogens is 2. The molecule has 0 unspecified atom stereocenters. The summed E-state index contributed by atoms with van der Waals surface area (Å²) in [6.45, 7) is 1.71. The summed E-state index contributed by atoms with van der Waals surface area (Å²) in [5.74, 6) is -0.0522. The van der Waals surface area contributed by atoms with Gasteiger partial charge in [0.1, 0.15) is 5.82 Å². The van der Waals surface area contributed by atoms with Crippen LogP contribution >= 0.6 is 0 Å². The molecule has 0 saturated carbocycles. The predicted molar refractivity (Wildman–Crippen MR) is 84.3 cm³/mol. The molecule has 23 heavy (non-hydrogen) atoms. The van der Waals surface area contributed by atoms with E-state index >= 15 is 0 Å². The van der Waals surface area contributed by atoms with Gasteiger partial charge in [-0.2, -0.15) is 5.10 Å². The second-order valence-corrected chi connectivity index (χ2v) is 6.36. The van der Waals surface area contributed by atoms with Gasteiger partial charge in [-0.25, -0.2) is 4.39 Å². The van der Waals surface area contributed by atoms with E-state index in [1.165, 1.54) is 12.1 Å². The Morgan fingerprint density at radius 2 is 2.04 bits per heavy atom. The first kappa shape index (κ1) is 14.4. The van der Waals surface area contributed by atoms with E-state index in [1.807, 2.05) is 30.3 Å². The molecule has 2 fully saturated rings. The summed E-state index contributed by atoms with van der Waals surface area (Å²) < 4.78 is 14.8. The Morgan fingerprint density at radius 3 is 2.74 bits per heavy atom. The Labute approximate surface area is 134 Å². The molecule has 0 bridgehead atoms. The quantitative estimate of drug-likeness (QED) is 0.869. The van der Waals surface area contributed by atoms with Crippen molar-refractivity contribution in [2.45, 2.75) is 31.5 Å². The summed E-state index contributed by atoms with van der Waals surface area (Å²) in [4.78, 5) is 16.7. The van der Waals surface area contributed by atoms with Crippen LogP contribution < -0.4 is 4.90 Å². The van der Waals surface area contributed by atoms with Gasteiger partial charge in [0.2, 0.25) is 5.91 Å². The maximum atomic E-state index is 13.0. The molecule has 2 atom stereocenters. The van der Waals surface area contributed by atoms with Crippen molar-refractivity contribution in [1.82, 2.24) is 14.7 Å². The molecule has 120 valence electrons. The number of fused-ring (bicyclic) bond motifs is 1. The molecule has 2 aliphatic rings. The van der Waals surface area contributed by atoms with E-state index in [-0.39, 0.29) is 23.8 Å². The lowest BCUT2D eigenvalue weighted by molar-refractivity contribution is -0.117. The summed E-state index contributed by atoms with van der Waals surface area (Å²) in [5.41, 5.74) is 1.97. The molecule has 1 aromatic heterocycles. The highest BCUT2D eigenvalue weighted by Crippen LogP contribution is 2.36. The summed E-state index contributed by atoms with van der Waals surface area (Å²) in [5, 5.41) is 4.18. The number of anilines is 1. The maximum absolute atomic E-state index is 13.0. The first-order valence-electron chi connectivity index (χ1n) is 7.91. The fraction of sp³-hybridized carbons (Fsp3) is 0.412. The van der Waals surface area contributed by atoms with E-state index in [9.17, 15) is 9.18 Å². The minimum Gasteiger partial charge on any atom is -0.305 e. The molecular weight excluding hydrogens is 295 g/mol. The first-order valence-corrected chi connectivity index (χ1v) is 7.91. The second kappa shape index (κ2) is 5.45. The number of hydrogen-bond donors (Lipinski definition) is 0. The van der Waals surface area contributed by atoms with Gasteiger partial charge in [0.25, 0.3) is 0 Å². The topological polar surface area (TPSA) is 41.4 Å². The molecule has 1 amide bonds. The third-order valence-corrected chi connectivity index (χ3v) is 4.88. The highest BCUT2D eigenvalue weighted by Gasteiger charge is 2.47. The van der Waals surface area contributed by atoms with Crippen molar-refractivity contribution < 1.29 is 9.18 Å². The summed E-state index contributed by atoms with van der Waals surface area (Å²) in [7, 11) is 1.86. The third-order valence-electron chi connectivity index (χ3n) is 4.88. The summed E-state index contributed by atoms with van der Waals surface area (Å²) in [6.07, 6.45) is 5.15. The number of benzene rings is 1. The Morgan fingerprint density at radius 1 is 1.26 bits per heavy atom. The van der Waals surface area contributed by atoms with E-state index in [4.69, 9.17) is 0 Å². The van der Waals surface area contributed by atoms with Crippen molar-refractivity contribution in [3.63, 3.8) is 0 Å². The van der Waals surface area contributed by atoms with Crippen LogP contribution in [0.4, 0.5) is 10.1 Å². The van der Waals surface area contributed by atoms with Gasteiger partial charge in [-0.1, -0.05) is 12.1 Å². The van der Waals surface area contributed by atoms with Gasteiger partial charge in [-0.3, -0.25) is 14.4 Å². The van der Waals surface area contributed by atoms with Gasteiger partial charge in [0, 0.05) is 38.8 Å². The van der Waals surface area contributed by atoms with E-state index in [0.29, 0.717) is 6.42 Å². The zero-order chi connectivity index (χ0) is 16.0. The predicted octanol–water partition coefficient (Wildman–Crippen LogP) is 1.94. The largest absolute Gasteiger partial charge is 0.305 e. The molecule has 0 N–H and O–H groups in total. The lowest BCUT2D eigenvalue weighted by Crippen LogP contribution is -2.37. The summed E-state index contributed by atoms with van der Waals surface area (Å²) >= 11 is 0. The van der Waals surface area contributed by atoms with Crippen molar-refractivity contribution in [2.75, 3.05) is 11.4 Å². The Kier molecular flexibility index (Phi) is 3.41. The molecule has 4 rings (SSSR count). The minimum atomic E-state index is -0.216. The minimum absolute atomic E-state index is 0.164. The Balaban J connectivity index is 1.52. The fourth-order valence-corrected chi connectivity index (χ4v) is 3.82. The fourth-order valence-electron chi connectivity index (χ4n) is 3.82. The van der Waals surface area contributed by atoms with Crippen molar-refractivity contribution in [3.05, 3.63) is 48.0 Å². The van der Waals surface area contributed by atoms with E-state index in [1.54, 1.807) is 10.9 Å². The molecule has 0 aliphatic carbocycles. The number of aryl methyl sites for hydroxylation is 1. The standard InChI is InChI=1S/C17H19FN4O/c1-20-11-14(9-19-20)22-15-6-7-21(16(15)8-17(22)23)10-12-2-4-13(18)5-3-12/h2-5,9,11,15-16H,6-8,10H2,1H3/t15-,16+/m0/s1. The van der Waals surface area contributed by atoms with Crippen LogP contribution in [-0.4, -0.2) is 39.2 Å². The van der Waals surface area contributed by atoms with Crippen LogP contribution in [0.15, 0.2) is 36.7 Å². The molecule has 1 aromatic carbocycles. The number of carbonyl (C=O) groups excluding carboxylic acids is 1. The summed E-state index contributed by atoms with van der Waals surface area (Å²) in [6, 6.07) is 7.06. The van der Waals surface area contributed by atoms with Crippen LogP contribution in [0.2, 0.25) is 0 Å². The number of likely N-dealkylation sites (tertiary alicyclic amines) is 1. The zero-order valence-corrected chi connectivity index (χ0v) is 13.0. The number of halogens is 1. The highest BCUT2D eigenvalue weighted by atomic mass is 19.1. The SMILES string of the molecule is Cn1cc(N2C(=O)C[C@@H]3[C@@H]2CCN3Cc2ccc(F)cc2)cn1. The molecule has 2 aromatic rings. The maximum Gasteiger partial charge on any atom is 0.229 e. The van der Waals surface area contributed by atoms with Crippen molar-refractivity contribution in [3.8, 4) is 0 Å². The van der Waals surface area contributed by atoms with E-state index in [2.05, 4.69) is 10.00 Å². The smallest absolute Gasteiger partial charge is 0.229 e. The van der Waals surface area contributed by atoms with Gasteiger partial charge in [-0.15, -0.1) is 0 Å². The van der Waals surface area contributed by atoms with Crippen molar-refractivity contribution >= 4 is 11.6 Å².